The Morgan fingerprint density at radius 1 is 1.05 bits per heavy atom. The Morgan fingerprint density at radius 2 is 1.80 bits per heavy atom. The van der Waals surface area contributed by atoms with E-state index in [-0.39, 0.29) is 42.7 Å². The predicted molar refractivity (Wildman–Crippen MR) is 145 cm³/mol. The summed E-state index contributed by atoms with van der Waals surface area (Å²) in [7, 11) is 0. The normalized spacial score (nSPS) is 18.8. The average molecular weight is 556 g/mol. The molecule has 2 aromatic carbocycles. The van der Waals surface area contributed by atoms with E-state index in [0.717, 1.165) is 5.56 Å². The van der Waals surface area contributed by atoms with Gasteiger partial charge in [0.05, 0.1) is 38.1 Å². The van der Waals surface area contributed by atoms with E-state index in [1.54, 1.807) is 42.5 Å². The minimum Gasteiger partial charge on any atom is -0.464 e. The second kappa shape index (κ2) is 14.7. The maximum atomic E-state index is 13.6. The van der Waals surface area contributed by atoms with Gasteiger partial charge in [-0.05, 0) is 49.2 Å². The van der Waals surface area contributed by atoms with Crippen LogP contribution in [0, 0.1) is 11.7 Å². The number of halogens is 1. The van der Waals surface area contributed by atoms with Crippen molar-refractivity contribution in [3.63, 3.8) is 0 Å². The van der Waals surface area contributed by atoms with E-state index in [0.29, 0.717) is 49.4 Å². The van der Waals surface area contributed by atoms with Crippen LogP contribution < -0.4 is 10.7 Å². The maximum Gasteiger partial charge on any atom is 0.286 e. The van der Waals surface area contributed by atoms with Crippen molar-refractivity contribution in [1.29, 1.82) is 0 Å². The van der Waals surface area contributed by atoms with Gasteiger partial charge in [0.15, 0.2) is 11.2 Å². The molecule has 9 nitrogen and oxygen atoms in total. The number of aliphatic hydroxyl groups is 1. The van der Waals surface area contributed by atoms with Gasteiger partial charge in [-0.25, -0.2) is 4.39 Å². The van der Waals surface area contributed by atoms with Crippen molar-refractivity contribution in [3.05, 3.63) is 93.8 Å². The Bertz CT molecular complexity index is 1340. The molecule has 3 unspecified atom stereocenters. The minimum absolute atomic E-state index is 0.0210. The van der Waals surface area contributed by atoms with Crippen LogP contribution >= 0.6 is 0 Å². The molecule has 0 radical (unpaired) electrons. The van der Waals surface area contributed by atoms with Gasteiger partial charge in [-0.15, -0.1) is 0 Å². The molecule has 3 atom stereocenters. The number of ether oxygens (including phenoxy) is 4. The quantitative estimate of drug-likeness (QED) is 0.290. The molecule has 40 heavy (non-hydrogen) atoms. The molecule has 3 aromatic rings. The van der Waals surface area contributed by atoms with Crippen molar-refractivity contribution in [1.82, 2.24) is 5.32 Å². The molecule has 1 aromatic heterocycles. The average Bonchev–Trinajstić information content (AvgIpc) is 2.97. The van der Waals surface area contributed by atoms with Crippen LogP contribution in [0.5, 0.6) is 0 Å². The number of amides is 1. The fourth-order valence-corrected chi connectivity index (χ4v) is 4.60. The SMILES string of the molecule is CCOC1OC(C(=O)NCc2ccc(F)cc2)=CC(c2coc3ccccc3c2=O)C1CCOCCOCCO. The van der Waals surface area contributed by atoms with Crippen molar-refractivity contribution < 1.29 is 37.7 Å². The standard InChI is InChI=1S/C30H34FNO8/c1-2-38-30-22(11-13-36-15-16-37-14-12-33)24(25-19-39-26-6-4-3-5-23(26)28(25)34)17-27(40-30)29(35)32-18-20-7-9-21(31)10-8-20/h3-10,17,19,22,24,30,33H,2,11-16,18H2,1H3,(H,32,35). The summed E-state index contributed by atoms with van der Waals surface area (Å²) in [4.78, 5) is 26.7. The number of nitrogens with one attached hydrogen (secondary N) is 1. The summed E-state index contributed by atoms with van der Waals surface area (Å²) in [6.45, 7) is 3.49. The van der Waals surface area contributed by atoms with E-state index in [9.17, 15) is 14.0 Å². The number of allylic oxidation sites excluding steroid dienone is 1. The van der Waals surface area contributed by atoms with Gasteiger partial charge in [0.1, 0.15) is 11.4 Å². The monoisotopic (exact) mass is 555 g/mol. The van der Waals surface area contributed by atoms with Crippen LogP contribution in [-0.2, 0) is 30.3 Å². The predicted octanol–water partition coefficient (Wildman–Crippen LogP) is 3.64. The van der Waals surface area contributed by atoms with Crippen LogP contribution in [0.2, 0.25) is 0 Å². The van der Waals surface area contributed by atoms with Gasteiger partial charge < -0.3 is 33.8 Å². The molecule has 2 heterocycles. The number of aliphatic hydroxyl groups excluding tert-OH is 1. The van der Waals surface area contributed by atoms with Gasteiger partial charge >= 0.3 is 0 Å². The van der Waals surface area contributed by atoms with Gasteiger partial charge in [0.25, 0.3) is 5.91 Å². The van der Waals surface area contributed by atoms with Gasteiger partial charge in [-0.1, -0.05) is 24.3 Å². The smallest absolute Gasteiger partial charge is 0.286 e. The van der Waals surface area contributed by atoms with Crippen molar-refractivity contribution >= 4 is 16.9 Å². The molecule has 0 saturated carbocycles. The fraction of sp³-hybridized carbons (Fsp3) is 0.400. The summed E-state index contributed by atoms with van der Waals surface area (Å²) in [5, 5.41) is 12.1. The summed E-state index contributed by atoms with van der Waals surface area (Å²) in [6.07, 6.45) is 2.70. The number of hydrogen-bond acceptors (Lipinski definition) is 8. The van der Waals surface area contributed by atoms with E-state index in [1.165, 1.54) is 18.4 Å². The highest BCUT2D eigenvalue weighted by atomic mass is 19.1. The highest BCUT2D eigenvalue weighted by molar-refractivity contribution is 5.91. The van der Waals surface area contributed by atoms with Gasteiger partial charge in [-0.2, -0.15) is 0 Å². The summed E-state index contributed by atoms with van der Waals surface area (Å²) in [6, 6.07) is 12.8. The Balaban J connectivity index is 1.59. The summed E-state index contributed by atoms with van der Waals surface area (Å²) >= 11 is 0. The first-order valence-electron chi connectivity index (χ1n) is 13.3. The number of hydrogen-bond donors (Lipinski definition) is 2. The Kier molecular flexibility index (Phi) is 10.8. The first-order valence-corrected chi connectivity index (χ1v) is 13.3. The Labute approximate surface area is 231 Å². The van der Waals surface area contributed by atoms with Crippen molar-refractivity contribution in [2.75, 3.05) is 39.6 Å². The van der Waals surface area contributed by atoms with E-state index >= 15 is 0 Å². The molecule has 0 bridgehead atoms. The second-order valence-electron chi connectivity index (χ2n) is 9.22. The van der Waals surface area contributed by atoms with Gasteiger partial charge in [0, 0.05) is 37.2 Å². The highest BCUT2D eigenvalue weighted by Gasteiger charge is 2.39. The third-order valence-corrected chi connectivity index (χ3v) is 6.57. The molecule has 4 rings (SSSR count). The number of carbonyl (C=O) groups excluding carboxylic acids is 1. The first kappa shape index (κ1) is 29.4. The summed E-state index contributed by atoms with van der Waals surface area (Å²) < 4.78 is 41.9. The van der Waals surface area contributed by atoms with Gasteiger partial charge in [-0.3, -0.25) is 9.59 Å². The second-order valence-corrected chi connectivity index (χ2v) is 9.22. The summed E-state index contributed by atoms with van der Waals surface area (Å²) in [5.41, 5.74) is 1.37. The third-order valence-electron chi connectivity index (χ3n) is 6.57. The number of carbonyl (C=O) groups is 1. The lowest BCUT2D eigenvalue weighted by molar-refractivity contribution is -0.168. The number of fused-ring (bicyclic) bond motifs is 1. The molecule has 0 spiro atoms. The van der Waals surface area contributed by atoms with Crippen LogP contribution in [0.1, 0.15) is 30.4 Å². The molecule has 0 saturated heterocycles. The van der Waals surface area contributed by atoms with Crippen LogP contribution in [0.15, 0.2) is 75.8 Å². The van der Waals surface area contributed by atoms with E-state index in [4.69, 9.17) is 28.5 Å². The van der Waals surface area contributed by atoms with Crippen molar-refractivity contribution in [3.8, 4) is 0 Å². The molecule has 2 N–H and O–H groups in total. The molecule has 10 heteroatoms. The zero-order chi connectivity index (χ0) is 28.3. The van der Waals surface area contributed by atoms with Crippen LogP contribution in [-0.4, -0.2) is 56.9 Å². The molecule has 1 aliphatic heterocycles. The van der Waals surface area contributed by atoms with Gasteiger partial charge in [0.2, 0.25) is 6.29 Å². The highest BCUT2D eigenvalue weighted by Crippen LogP contribution is 2.38. The zero-order valence-electron chi connectivity index (χ0n) is 22.3. The number of rotatable bonds is 14. The maximum absolute atomic E-state index is 13.6. The van der Waals surface area contributed by atoms with Crippen LogP contribution in [0.25, 0.3) is 11.0 Å². The fourth-order valence-electron chi connectivity index (χ4n) is 4.60. The Morgan fingerprint density at radius 3 is 2.55 bits per heavy atom. The minimum atomic E-state index is -0.827. The molecule has 1 aliphatic rings. The third kappa shape index (κ3) is 7.54. The largest absolute Gasteiger partial charge is 0.464 e. The number of para-hydroxylation sites is 1. The molecular weight excluding hydrogens is 521 g/mol. The van der Waals surface area contributed by atoms with E-state index < -0.39 is 18.1 Å². The van der Waals surface area contributed by atoms with Crippen molar-refractivity contribution in [2.45, 2.75) is 32.1 Å². The van der Waals surface area contributed by atoms with E-state index in [1.807, 2.05) is 6.92 Å². The first-order chi connectivity index (χ1) is 19.5. The van der Waals surface area contributed by atoms with Crippen LogP contribution in [0.3, 0.4) is 0 Å². The molecule has 214 valence electrons. The van der Waals surface area contributed by atoms with Crippen LogP contribution in [0.4, 0.5) is 4.39 Å². The lowest BCUT2D eigenvalue weighted by Crippen LogP contribution is -2.40. The molecule has 1 amide bonds. The zero-order valence-corrected chi connectivity index (χ0v) is 22.3. The topological polar surface area (TPSA) is 116 Å². The Hall–Kier alpha value is -3.57. The number of benzene rings is 2. The summed E-state index contributed by atoms with van der Waals surface area (Å²) in [5.74, 6) is -1.76. The van der Waals surface area contributed by atoms with Crippen molar-refractivity contribution in [2.24, 2.45) is 5.92 Å². The lowest BCUT2D eigenvalue weighted by atomic mass is 9.81. The lowest BCUT2D eigenvalue weighted by Gasteiger charge is -2.36. The van der Waals surface area contributed by atoms with E-state index in [2.05, 4.69) is 5.32 Å². The molecule has 0 fully saturated rings. The molecule has 0 aliphatic carbocycles. The molecular formula is C30H34FNO8.